The predicted octanol–water partition coefficient (Wildman–Crippen LogP) is 2.07. The van der Waals surface area contributed by atoms with E-state index in [2.05, 4.69) is 10.2 Å². The van der Waals surface area contributed by atoms with Crippen LogP contribution >= 0.6 is 0 Å². The van der Waals surface area contributed by atoms with Gasteiger partial charge in [0.25, 0.3) is 0 Å². The summed E-state index contributed by atoms with van der Waals surface area (Å²) in [7, 11) is 0. The molecule has 2 aliphatic heterocycles. The molecule has 0 bridgehead atoms. The van der Waals surface area contributed by atoms with Gasteiger partial charge >= 0.3 is 0 Å². The minimum Gasteiger partial charge on any atom is -0.367 e. The highest BCUT2D eigenvalue weighted by Gasteiger charge is 2.39. The monoisotopic (exact) mass is 315 g/mol. The molecule has 1 aromatic rings. The number of carbonyl (C=O) groups excluding carboxylic acids is 1. The Balaban J connectivity index is 1.85. The molecule has 1 aliphatic carbocycles. The quantitative estimate of drug-likeness (QED) is 0.878. The average molecular weight is 315 g/mol. The van der Waals surface area contributed by atoms with E-state index in [4.69, 9.17) is 5.73 Å². The van der Waals surface area contributed by atoms with E-state index in [9.17, 15) is 9.18 Å². The second-order valence-electron chi connectivity index (χ2n) is 7.07. The molecule has 4 nitrogen and oxygen atoms in total. The summed E-state index contributed by atoms with van der Waals surface area (Å²) in [4.78, 5) is 13.9. The molecule has 3 aliphatic rings. The molecule has 0 spiro atoms. The molecule has 0 radical (unpaired) electrons. The van der Waals surface area contributed by atoms with Gasteiger partial charge in [0.2, 0.25) is 5.91 Å². The Kier molecular flexibility index (Phi) is 3.23. The van der Waals surface area contributed by atoms with Crippen LogP contribution in [0.1, 0.15) is 41.8 Å². The van der Waals surface area contributed by atoms with E-state index in [1.165, 1.54) is 11.6 Å². The largest absolute Gasteiger partial charge is 0.367 e. The Labute approximate surface area is 135 Å². The Hall–Kier alpha value is -1.88. The average Bonchev–Trinajstić information content (AvgIpc) is 3.14. The van der Waals surface area contributed by atoms with Crippen molar-refractivity contribution in [2.45, 2.75) is 32.7 Å². The zero-order valence-electron chi connectivity index (χ0n) is 13.6. The van der Waals surface area contributed by atoms with E-state index in [1.807, 2.05) is 13.8 Å². The van der Waals surface area contributed by atoms with Gasteiger partial charge in [0, 0.05) is 30.3 Å². The summed E-state index contributed by atoms with van der Waals surface area (Å²) in [6.07, 6.45) is 1.84. The predicted molar refractivity (Wildman–Crippen MR) is 89.0 cm³/mol. The molecule has 0 saturated carbocycles. The summed E-state index contributed by atoms with van der Waals surface area (Å²) in [5.74, 6) is -0.284. The number of nitrogens with zero attached hydrogens (tertiary/aromatic N) is 1. The van der Waals surface area contributed by atoms with Crippen LogP contribution in [0, 0.1) is 11.7 Å². The van der Waals surface area contributed by atoms with Gasteiger partial charge in [-0.1, -0.05) is 5.57 Å². The first kappa shape index (κ1) is 14.7. The molecule has 122 valence electrons. The lowest BCUT2D eigenvalue weighted by Gasteiger charge is -2.25. The minimum absolute atomic E-state index is 0.327. The molecule has 2 fully saturated rings. The second kappa shape index (κ2) is 5.06. The summed E-state index contributed by atoms with van der Waals surface area (Å²) in [6.45, 7) is 6.83. The van der Waals surface area contributed by atoms with Crippen molar-refractivity contribution >= 4 is 17.2 Å². The van der Waals surface area contributed by atoms with Crippen molar-refractivity contribution in [2.24, 2.45) is 11.7 Å². The van der Waals surface area contributed by atoms with Crippen LogP contribution in [0.2, 0.25) is 0 Å². The van der Waals surface area contributed by atoms with Crippen LogP contribution in [0.4, 0.5) is 10.1 Å². The van der Waals surface area contributed by atoms with Gasteiger partial charge in [-0.15, -0.1) is 0 Å². The van der Waals surface area contributed by atoms with Crippen LogP contribution < -0.4 is 16.0 Å². The fourth-order valence-electron chi connectivity index (χ4n) is 4.44. The SMILES string of the molecule is CC1=C(C)c2c(c(C(N)=O)cc(F)c2N2CC3CCNC3C2)C1. The number of hydrogen-bond donors (Lipinski definition) is 2. The highest BCUT2D eigenvalue weighted by atomic mass is 19.1. The highest BCUT2D eigenvalue weighted by molar-refractivity contribution is 5.99. The molecule has 1 amide bonds. The Morgan fingerprint density at radius 1 is 1.39 bits per heavy atom. The third kappa shape index (κ3) is 2.10. The number of carbonyl (C=O) groups is 1. The van der Waals surface area contributed by atoms with Crippen LogP contribution in [-0.4, -0.2) is 31.6 Å². The maximum Gasteiger partial charge on any atom is 0.249 e. The third-order valence-corrected chi connectivity index (χ3v) is 5.76. The number of anilines is 1. The van der Waals surface area contributed by atoms with Crippen LogP contribution in [0.15, 0.2) is 11.6 Å². The number of rotatable bonds is 2. The molecule has 2 heterocycles. The summed E-state index contributed by atoms with van der Waals surface area (Å²) < 4.78 is 14.9. The standard InChI is InChI=1S/C18H22FN3O/c1-9-5-12-13(18(20)23)6-14(19)17(16(12)10(9)2)22-7-11-3-4-21-15(11)8-22/h6,11,15,21H,3-5,7-8H2,1-2H3,(H2,20,23). The first-order valence-electron chi connectivity index (χ1n) is 8.27. The van der Waals surface area contributed by atoms with Crippen LogP contribution in [0.5, 0.6) is 0 Å². The fourth-order valence-corrected chi connectivity index (χ4v) is 4.44. The highest BCUT2D eigenvalue weighted by Crippen LogP contribution is 2.44. The topological polar surface area (TPSA) is 58.4 Å². The molecule has 0 aromatic heterocycles. The molecule has 23 heavy (non-hydrogen) atoms. The number of primary amides is 1. The van der Waals surface area contributed by atoms with Gasteiger partial charge in [-0.3, -0.25) is 4.79 Å². The molecule has 1 aromatic carbocycles. The van der Waals surface area contributed by atoms with Gasteiger partial charge in [-0.2, -0.15) is 0 Å². The lowest BCUT2D eigenvalue weighted by Crippen LogP contribution is -2.31. The second-order valence-corrected chi connectivity index (χ2v) is 7.07. The number of nitrogens with two attached hydrogens (primary N) is 1. The summed E-state index contributed by atoms with van der Waals surface area (Å²) in [6, 6.07) is 1.79. The number of allylic oxidation sites excluding steroid dienone is 2. The lowest BCUT2D eigenvalue weighted by atomic mass is 9.96. The first-order valence-corrected chi connectivity index (χ1v) is 8.27. The van der Waals surface area contributed by atoms with Crippen molar-refractivity contribution in [1.82, 2.24) is 5.32 Å². The van der Waals surface area contributed by atoms with Crippen molar-refractivity contribution < 1.29 is 9.18 Å². The van der Waals surface area contributed by atoms with Crippen molar-refractivity contribution in [3.05, 3.63) is 34.1 Å². The van der Waals surface area contributed by atoms with E-state index in [1.54, 1.807) is 0 Å². The Morgan fingerprint density at radius 2 is 2.17 bits per heavy atom. The van der Waals surface area contributed by atoms with Gasteiger partial charge in [0.15, 0.2) is 0 Å². The van der Waals surface area contributed by atoms with E-state index in [-0.39, 0.29) is 5.82 Å². The van der Waals surface area contributed by atoms with Crippen molar-refractivity contribution in [3.63, 3.8) is 0 Å². The van der Waals surface area contributed by atoms with Gasteiger partial charge in [0.1, 0.15) is 5.82 Å². The van der Waals surface area contributed by atoms with Crippen molar-refractivity contribution in [3.8, 4) is 0 Å². The molecule has 5 heteroatoms. The Bertz CT molecular complexity index is 728. The van der Waals surface area contributed by atoms with Crippen LogP contribution in [0.25, 0.3) is 5.57 Å². The molecule has 3 N–H and O–H groups in total. The molecule has 2 atom stereocenters. The van der Waals surface area contributed by atoms with E-state index < -0.39 is 5.91 Å². The number of amides is 1. The molecular formula is C18H22FN3O. The van der Waals surface area contributed by atoms with Crippen molar-refractivity contribution in [2.75, 3.05) is 24.5 Å². The molecule has 2 saturated heterocycles. The number of halogens is 1. The van der Waals surface area contributed by atoms with Gasteiger partial charge in [-0.05, 0) is 56.4 Å². The van der Waals surface area contributed by atoms with Crippen LogP contribution in [-0.2, 0) is 6.42 Å². The zero-order chi connectivity index (χ0) is 16.3. The minimum atomic E-state index is -0.547. The van der Waals surface area contributed by atoms with Gasteiger partial charge < -0.3 is 16.0 Å². The first-order chi connectivity index (χ1) is 11.0. The summed E-state index contributed by atoms with van der Waals surface area (Å²) in [5.41, 5.74) is 10.5. The van der Waals surface area contributed by atoms with Gasteiger partial charge in [0.05, 0.1) is 5.69 Å². The normalized spacial score (nSPS) is 26.0. The van der Waals surface area contributed by atoms with Crippen LogP contribution in [0.3, 0.4) is 0 Å². The smallest absolute Gasteiger partial charge is 0.249 e. The number of fused-ring (bicyclic) bond motifs is 2. The third-order valence-electron chi connectivity index (χ3n) is 5.76. The molecular weight excluding hydrogens is 293 g/mol. The number of hydrogen-bond acceptors (Lipinski definition) is 3. The van der Waals surface area contributed by atoms with E-state index in [0.717, 1.165) is 42.8 Å². The van der Waals surface area contributed by atoms with E-state index >= 15 is 0 Å². The fraction of sp³-hybridized carbons (Fsp3) is 0.500. The molecule has 4 rings (SSSR count). The van der Waals surface area contributed by atoms with E-state index in [0.29, 0.717) is 29.6 Å². The van der Waals surface area contributed by atoms with Crippen molar-refractivity contribution in [1.29, 1.82) is 0 Å². The Morgan fingerprint density at radius 3 is 2.87 bits per heavy atom. The summed E-state index contributed by atoms with van der Waals surface area (Å²) in [5, 5.41) is 3.50. The molecule has 2 unspecified atom stereocenters. The number of nitrogens with one attached hydrogen (secondary N) is 1. The maximum absolute atomic E-state index is 14.9. The summed E-state index contributed by atoms with van der Waals surface area (Å²) >= 11 is 0. The van der Waals surface area contributed by atoms with Gasteiger partial charge in [-0.25, -0.2) is 4.39 Å². The maximum atomic E-state index is 14.9. The number of benzene rings is 1. The zero-order valence-corrected chi connectivity index (χ0v) is 13.6. The lowest BCUT2D eigenvalue weighted by molar-refractivity contribution is 0.0999.